The highest BCUT2D eigenvalue weighted by Gasteiger charge is 2.45. The maximum atomic E-state index is 2.39. The van der Waals surface area contributed by atoms with Gasteiger partial charge >= 0.3 is 0 Å². The van der Waals surface area contributed by atoms with Gasteiger partial charge in [0.2, 0.25) is 0 Å². The van der Waals surface area contributed by atoms with E-state index in [0.717, 1.165) is 17.1 Å². The Morgan fingerprint density at radius 2 is 0.897 bits per heavy atom. The van der Waals surface area contributed by atoms with Crippen LogP contribution in [-0.4, -0.2) is 0 Å². The number of hydrogen-bond acceptors (Lipinski definition) is 2. The Hall–Kier alpha value is -7.00. The molecule has 11 rings (SSSR count). The van der Waals surface area contributed by atoms with Crippen molar-refractivity contribution in [2.75, 3.05) is 4.90 Å². The molecule has 1 aliphatic carbocycles. The second kappa shape index (κ2) is 13.9. The van der Waals surface area contributed by atoms with Gasteiger partial charge in [0.1, 0.15) is 0 Å². The monoisotopic (exact) mass is 757 g/mol. The Labute approximate surface area is 343 Å². The Morgan fingerprint density at radius 3 is 1.57 bits per heavy atom. The first-order valence-electron chi connectivity index (χ1n) is 20.0. The van der Waals surface area contributed by atoms with Crippen LogP contribution in [0.5, 0.6) is 0 Å². The standard InChI is InChI=1S/C56H39NS/c1-38-13-11-16-43(37-38)56(52-22-8-5-17-48(52)49-18-6-9-23-53(49)56)42-29-35-46(36-30-42)57(44-31-25-40(26-32-44)39-14-3-2-4-15-39)45-33-27-41(28-34-45)47-20-12-21-51-50-19-7-10-24-54(50)58-55(47)51/h2-37H,1H3. The van der Waals surface area contributed by atoms with Crippen LogP contribution in [0.15, 0.2) is 218 Å². The van der Waals surface area contributed by atoms with Gasteiger partial charge in [-0.05, 0) is 105 Å². The lowest BCUT2D eigenvalue weighted by atomic mass is 9.67. The molecule has 0 fully saturated rings. The normalized spacial score (nSPS) is 12.7. The molecule has 0 aliphatic heterocycles. The summed E-state index contributed by atoms with van der Waals surface area (Å²) < 4.78 is 2.65. The molecule has 10 aromatic rings. The van der Waals surface area contributed by atoms with Gasteiger partial charge < -0.3 is 4.90 Å². The number of nitrogens with zero attached hydrogens (tertiary/aromatic N) is 1. The van der Waals surface area contributed by atoms with E-state index in [2.05, 4.69) is 230 Å². The van der Waals surface area contributed by atoms with Crippen LogP contribution in [0, 0.1) is 6.92 Å². The van der Waals surface area contributed by atoms with Crippen LogP contribution in [0.2, 0.25) is 0 Å². The van der Waals surface area contributed by atoms with E-state index in [1.807, 2.05) is 11.3 Å². The number of aryl methyl sites for hydroxylation is 1. The third-order valence-electron chi connectivity index (χ3n) is 12.0. The van der Waals surface area contributed by atoms with E-state index in [-0.39, 0.29) is 0 Å². The van der Waals surface area contributed by atoms with E-state index < -0.39 is 5.41 Å². The molecule has 0 unspecified atom stereocenters. The maximum absolute atomic E-state index is 2.39. The minimum atomic E-state index is -0.449. The van der Waals surface area contributed by atoms with Crippen molar-refractivity contribution in [3.8, 4) is 33.4 Å². The van der Waals surface area contributed by atoms with Gasteiger partial charge in [0.05, 0.1) is 5.41 Å². The molecule has 2 heteroatoms. The molecule has 9 aromatic carbocycles. The lowest BCUT2D eigenvalue weighted by Gasteiger charge is -2.34. The van der Waals surface area contributed by atoms with E-state index in [1.165, 1.54) is 81.4 Å². The van der Waals surface area contributed by atoms with Gasteiger partial charge in [-0.2, -0.15) is 0 Å². The minimum Gasteiger partial charge on any atom is -0.311 e. The number of fused-ring (bicyclic) bond motifs is 6. The molecule has 274 valence electrons. The van der Waals surface area contributed by atoms with Crippen molar-refractivity contribution in [2.45, 2.75) is 12.3 Å². The van der Waals surface area contributed by atoms with Crippen molar-refractivity contribution in [3.63, 3.8) is 0 Å². The molecule has 0 saturated heterocycles. The number of rotatable bonds is 7. The predicted molar refractivity (Wildman–Crippen MR) is 247 cm³/mol. The SMILES string of the molecule is Cc1cccc(C2(c3ccc(N(c4ccc(-c5ccccc5)cc4)c4ccc(-c5cccc6c5sc5ccccc56)cc4)cc3)c3ccccc3-c3ccccc32)c1. The Morgan fingerprint density at radius 1 is 0.379 bits per heavy atom. The summed E-state index contributed by atoms with van der Waals surface area (Å²) in [4.78, 5) is 2.39. The zero-order valence-corrected chi connectivity index (χ0v) is 33.0. The van der Waals surface area contributed by atoms with Gasteiger partial charge in [-0.15, -0.1) is 11.3 Å². The molecule has 0 spiro atoms. The molecule has 0 saturated carbocycles. The van der Waals surface area contributed by atoms with Gasteiger partial charge in [0, 0.05) is 37.2 Å². The Bertz CT molecular complexity index is 3060. The topological polar surface area (TPSA) is 3.24 Å². The molecule has 1 aromatic heterocycles. The van der Waals surface area contributed by atoms with E-state index in [0.29, 0.717) is 0 Å². The first-order valence-corrected chi connectivity index (χ1v) is 20.8. The van der Waals surface area contributed by atoms with Crippen molar-refractivity contribution < 1.29 is 0 Å². The van der Waals surface area contributed by atoms with Crippen LogP contribution in [0.4, 0.5) is 17.1 Å². The Kier molecular flexibility index (Phi) is 8.20. The molecule has 0 bridgehead atoms. The molecule has 58 heavy (non-hydrogen) atoms. The number of benzene rings is 9. The third-order valence-corrected chi connectivity index (χ3v) is 13.3. The predicted octanol–water partition coefficient (Wildman–Crippen LogP) is 15.5. The molecule has 0 N–H and O–H groups in total. The van der Waals surface area contributed by atoms with Crippen LogP contribution in [-0.2, 0) is 5.41 Å². The molecule has 1 aliphatic rings. The van der Waals surface area contributed by atoms with Crippen LogP contribution >= 0.6 is 11.3 Å². The van der Waals surface area contributed by atoms with E-state index >= 15 is 0 Å². The molecular weight excluding hydrogens is 719 g/mol. The van der Waals surface area contributed by atoms with Gasteiger partial charge in [-0.1, -0.05) is 181 Å². The minimum absolute atomic E-state index is 0.449. The maximum Gasteiger partial charge on any atom is 0.0713 e. The second-order valence-corrected chi connectivity index (χ2v) is 16.4. The van der Waals surface area contributed by atoms with Gasteiger partial charge in [0.25, 0.3) is 0 Å². The van der Waals surface area contributed by atoms with Gasteiger partial charge in [-0.3, -0.25) is 0 Å². The summed E-state index contributed by atoms with van der Waals surface area (Å²) >= 11 is 1.88. The fraction of sp³-hybridized carbons (Fsp3) is 0.0357. The lowest BCUT2D eigenvalue weighted by Crippen LogP contribution is -2.28. The summed E-state index contributed by atoms with van der Waals surface area (Å²) in [6, 6.07) is 80.5. The second-order valence-electron chi connectivity index (χ2n) is 15.3. The fourth-order valence-corrected chi connectivity index (χ4v) is 10.6. The van der Waals surface area contributed by atoms with Crippen molar-refractivity contribution in [2.24, 2.45) is 0 Å². The summed E-state index contributed by atoms with van der Waals surface area (Å²) in [6.45, 7) is 2.20. The van der Waals surface area contributed by atoms with Crippen molar-refractivity contribution >= 4 is 48.6 Å². The molecular formula is C56H39NS. The molecule has 0 atom stereocenters. The summed E-state index contributed by atoms with van der Waals surface area (Å²) in [6.07, 6.45) is 0. The molecule has 1 nitrogen and oxygen atoms in total. The summed E-state index contributed by atoms with van der Waals surface area (Å²) in [5.41, 5.74) is 16.8. The first-order chi connectivity index (χ1) is 28.7. The lowest BCUT2D eigenvalue weighted by molar-refractivity contribution is 0.767. The smallest absolute Gasteiger partial charge is 0.0713 e. The molecule has 0 amide bonds. The largest absolute Gasteiger partial charge is 0.311 e. The fourth-order valence-electron chi connectivity index (χ4n) is 9.41. The van der Waals surface area contributed by atoms with Crippen LogP contribution in [0.1, 0.15) is 27.8 Å². The van der Waals surface area contributed by atoms with Crippen molar-refractivity contribution in [1.82, 2.24) is 0 Å². The van der Waals surface area contributed by atoms with Crippen LogP contribution < -0.4 is 4.90 Å². The summed E-state index contributed by atoms with van der Waals surface area (Å²) in [7, 11) is 0. The van der Waals surface area contributed by atoms with Crippen LogP contribution in [0.3, 0.4) is 0 Å². The van der Waals surface area contributed by atoms with E-state index in [4.69, 9.17) is 0 Å². The van der Waals surface area contributed by atoms with Crippen molar-refractivity contribution in [3.05, 3.63) is 246 Å². The number of anilines is 3. The number of hydrogen-bond donors (Lipinski definition) is 0. The van der Waals surface area contributed by atoms with Crippen molar-refractivity contribution in [1.29, 1.82) is 0 Å². The average Bonchev–Trinajstić information content (AvgIpc) is 3.82. The quantitative estimate of drug-likeness (QED) is 0.156. The number of thiophene rings is 1. The third kappa shape index (κ3) is 5.44. The Balaban J connectivity index is 1.05. The summed E-state index contributed by atoms with van der Waals surface area (Å²) in [5, 5.41) is 2.64. The molecule has 0 radical (unpaired) electrons. The zero-order valence-electron chi connectivity index (χ0n) is 32.1. The van der Waals surface area contributed by atoms with E-state index in [1.54, 1.807) is 0 Å². The highest BCUT2D eigenvalue weighted by atomic mass is 32.1. The summed E-state index contributed by atoms with van der Waals surface area (Å²) in [5.74, 6) is 0. The highest BCUT2D eigenvalue weighted by Crippen LogP contribution is 2.56. The van der Waals surface area contributed by atoms with Gasteiger partial charge in [-0.25, -0.2) is 0 Å². The van der Waals surface area contributed by atoms with E-state index in [9.17, 15) is 0 Å². The zero-order chi connectivity index (χ0) is 38.6. The molecule has 1 heterocycles. The van der Waals surface area contributed by atoms with Crippen LogP contribution in [0.25, 0.3) is 53.6 Å². The first kappa shape index (κ1) is 34.3. The average molecular weight is 758 g/mol. The highest BCUT2D eigenvalue weighted by molar-refractivity contribution is 7.26. The van der Waals surface area contributed by atoms with Gasteiger partial charge in [0.15, 0.2) is 0 Å².